The topological polar surface area (TPSA) is 148 Å². The molecule has 3 rings (SSSR count). The predicted octanol–water partition coefficient (Wildman–Crippen LogP) is 1.96. The van der Waals surface area contributed by atoms with Gasteiger partial charge in [-0.25, -0.2) is 9.97 Å². The second-order valence-electron chi connectivity index (χ2n) is 7.43. The highest BCUT2D eigenvalue weighted by Gasteiger charge is 2.39. The molecule has 11 nitrogen and oxygen atoms in total. The van der Waals surface area contributed by atoms with Crippen LogP contribution in [0.15, 0.2) is 68.7 Å². The number of carbonyl (C=O) groups excluding carboxylic acids is 3. The summed E-state index contributed by atoms with van der Waals surface area (Å²) in [7, 11) is 0. The van der Waals surface area contributed by atoms with Gasteiger partial charge in [-0.05, 0) is 24.3 Å². The minimum absolute atomic E-state index is 0.0567. The van der Waals surface area contributed by atoms with E-state index < -0.39 is 17.8 Å². The zero-order valence-electron chi connectivity index (χ0n) is 19.8. The Bertz CT molecular complexity index is 1050. The molecule has 0 aromatic carbocycles. The van der Waals surface area contributed by atoms with Gasteiger partial charge in [-0.1, -0.05) is 35.7 Å². The van der Waals surface area contributed by atoms with Gasteiger partial charge in [0.25, 0.3) is 11.8 Å². The number of ether oxygens (including phenoxy) is 2. The van der Waals surface area contributed by atoms with Gasteiger partial charge in [0, 0.05) is 31.9 Å². The van der Waals surface area contributed by atoms with Crippen molar-refractivity contribution in [1.29, 1.82) is 0 Å². The van der Waals surface area contributed by atoms with E-state index in [1.807, 2.05) is 0 Å². The molecule has 13 heteroatoms. The van der Waals surface area contributed by atoms with Crippen LogP contribution in [0, 0.1) is 0 Å². The Kier molecular flexibility index (Phi) is 11.6. The van der Waals surface area contributed by atoms with Crippen molar-refractivity contribution in [3.8, 4) is 0 Å². The minimum atomic E-state index is -0.928. The molecule has 1 aliphatic rings. The molecule has 0 radical (unpaired) electrons. The summed E-state index contributed by atoms with van der Waals surface area (Å²) in [5.74, 6) is -2.20. The van der Waals surface area contributed by atoms with Crippen LogP contribution in [0.2, 0.25) is 0 Å². The lowest BCUT2D eigenvalue weighted by Gasteiger charge is -2.14. The highest BCUT2D eigenvalue weighted by molar-refractivity contribution is 8.08. The van der Waals surface area contributed by atoms with E-state index >= 15 is 0 Å². The van der Waals surface area contributed by atoms with Gasteiger partial charge in [-0.15, -0.1) is 0 Å². The van der Waals surface area contributed by atoms with Crippen LogP contribution in [-0.4, -0.2) is 83.2 Å². The van der Waals surface area contributed by atoms with E-state index in [9.17, 15) is 19.2 Å². The summed E-state index contributed by atoms with van der Waals surface area (Å²) in [6.45, 7) is 1.06. The first-order valence-electron chi connectivity index (χ1n) is 11.4. The molecule has 0 saturated heterocycles. The fraction of sp³-hybridized carbons (Fsp3) is 0.333. The summed E-state index contributed by atoms with van der Waals surface area (Å²) in [6, 6.07) is 10.6. The molecule has 0 unspecified atom stereocenters. The van der Waals surface area contributed by atoms with Gasteiger partial charge in [-0.3, -0.25) is 24.1 Å². The standard InChI is InChI=1S/C24H26N4O7S2/c29-17(25-11-14-35-16-15-34-13-8-20(30)31)7-12-28-23(32)21(36-18-5-1-3-9-26-18)22(24(28)33)37-19-6-2-4-10-27-19/h1-6,9-10H,7-8,11-16H2,(H,25,29)(H,30,31). The molecular formula is C24H26N4O7S2. The summed E-state index contributed by atoms with van der Waals surface area (Å²) >= 11 is 2.22. The molecule has 0 atom stereocenters. The van der Waals surface area contributed by atoms with Gasteiger partial charge in [0.2, 0.25) is 5.91 Å². The van der Waals surface area contributed by atoms with E-state index in [0.29, 0.717) is 10.1 Å². The maximum Gasteiger partial charge on any atom is 0.305 e. The maximum absolute atomic E-state index is 13.1. The van der Waals surface area contributed by atoms with Crippen LogP contribution in [0.1, 0.15) is 12.8 Å². The van der Waals surface area contributed by atoms with Crippen molar-refractivity contribution in [1.82, 2.24) is 20.2 Å². The van der Waals surface area contributed by atoms with Crippen LogP contribution in [-0.2, 0) is 28.7 Å². The van der Waals surface area contributed by atoms with Crippen LogP contribution >= 0.6 is 23.5 Å². The first-order chi connectivity index (χ1) is 18.0. The van der Waals surface area contributed by atoms with E-state index in [0.717, 1.165) is 28.4 Å². The second kappa shape index (κ2) is 15.1. The maximum atomic E-state index is 13.1. The number of thioether (sulfide) groups is 2. The first kappa shape index (κ1) is 28.3. The van der Waals surface area contributed by atoms with E-state index in [4.69, 9.17) is 14.6 Å². The number of rotatable bonds is 16. The van der Waals surface area contributed by atoms with Gasteiger partial charge in [-0.2, -0.15) is 0 Å². The first-order valence-corrected chi connectivity index (χ1v) is 13.0. The second-order valence-corrected chi connectivity index (χ2v) is 9.49. The fourth-order valence-corrected chi connectivity index (χ4v) is 4.93. The van der Waals surface area contributed by atoms with Gasteiger partial charge >= 0.3 is 5.97 Å². The summed E-state index contributed by atoms with van der Waals surface area (Å²) in [5, 5.41) is 12.4. The average molecular weight is 547 g/mol. The van der Waals surface area contributed by atoms with E-state index in [1.54, 1.807) is 48.8 Å². The smallest absolute Gasteiger partial charge is 0.305 e. The zero-order chi connectivity index (χ0) is 26.5. The molecule has 37 heavy (non-hydrogen) atoms. The number of carbonyl (C=O) groups is 4. The monoisotopic (exact) mass is 546 g/mol. The number of aliphatic carboxylic acids is 1. The third-order valence-electron chi connectivity index (χ3n) is 4.74. The number of carboxylic acids is 1. The number of imide groups is 1. The molecule has 3 amide bonds. The van der Waals surface area contributed by atoms with Crippen LogP contribution in [0.3, 0.4) is 0 Å². The molecule has 0 saturated carbocycles. The SMILES string of the molecule is O=C(O)CCOCCOCCNC(=O)CCN1C(=O)C(Sc2ccccn2)=C(Sc2ccccn2)C1=O. The number of pyridine rings is 2. The number of hydrogen-bond donors (Lipinski definition) is 2. The van der Waals surface area contributed by atoms with Gasteiger partial charge in [0.1, 0.15) is 10.1 Å². The molecule has 0 spiro atoms. The van der Waals surface area contributed by atoms with Crippen molar-refractivity contribution in [2.24, 2.45) is 0 Å². The number of nitrogens with one attached hydrogen (secondary N) is 1. The lowest BCUT2D eigenvalue weighted by molar-refractivity contribution is -0.139. The predicted molar refractivity (Wildman–Crippen MR) is 135 cm³/mol. The summed E-state index contributed by atoms with van der Waals surface area (Å²) in [6.07, 6.45) is 3.08. The van der Waals surface area contributed by atoms with Crippen molar-refractivity contribution in [2.45, 2.75) is 22.9 Å². The minimum Gasteiger partial charge on any atom is -0.481 e. The Morgan fingerprint density at radius 1 is 0.838 bits per heavy atom. The Morgan fingerprint density at radius 2 is 1.41 bits per heavy atom. The fourth-order valence-electron chi connectivity index (χ4n) is 2.98. The van der Waals surface area contributed by atoms with E-state index in [2.05, 4.69) is 15.3 Å². The quantitative estimate of drug-likeness (QED) is 0.235. The molecule has 2 N–H and O–H groups in total. The van der Waals surface area contributed by atoms with Crippen LogP contribution < -0.4 is 5.32 Å². The number of amides is 3. The summed E-state index contributed by atoms with van der Waals surface area (Å²) in [4.78, 5) is 59.0. The van der Waals surface area contributed by atoms with Crippen molar-refractivity contribution in [2.75, 3.05) is 39.5 Å². The molecule has 196 valence electrons. The van der Waals surface area contributed by atoms with Crippen molar-refractivity contribution in [3.63, 3.8) is 0 Å². The van der Waals surface area contributed by atoms with Gasteiger partial charge in [0.05, 0.1) is 42.7 Å². The third-order valence-corrected chi connectivity index (χ3v) is 6.93. The Balaban J connectivity index is 1.48. The van der Waals surface area contributed by atoms with Crippen LogP contribution in [0.4, 0.5) is 0 Å². The third kappa shape index (κ3) is 9.28. The largest absolute Gasteiger partial charge is 0.481 e. The summed E-state index contributed by atoms with van der Waals surface area (Å²) < 4.78 is 10.4. The molecule has 0 bridgehead atoms. The van der Waals surface area contributed by atoms with Crippen molar-refractivity contribution in [3.05, 3.63) is 58.6 Å². The lowest BCUT2D eigenvalue weighted by atomic mass is 10.3. The van der Waals surface area contributed by atoms with Crippen molar-refractivity contribution >= 4 is 47.2 Å². The average Bonchev–Trinajstić information content (AvgIpc) is 3.11. The van der Waals surface area contributed by atoms with Gasteiger partial charge in [0.15, 0.2) is 0 Å². The molecule has 2 aromatic heterocycles. The number of nitrogens with zero attached hydrogens (tertiary/aromatic N) is 3. The zero-order valence-corrected chi connectivity index (χ0v) is 21.5. The Hall–Kier alpha value is -3.26. The normalized spacial score (nSPS) is 13.4. The molecule has 0 fully saturated rings. The number of aromatic nitrogens is 2. The summed E-state index contributed by atoms with van der Waals surface area (Å²) in [5.41, 5.74) is 0. The number of carboxylic acid groups (broad SMARTS) is 1. The molecular weight excluding hydrogens is 520 g/mol. The number of hydrogen-bond acceptors (Lipinski definition) is 10. The molecule has 2 aromatic rings. The van der Waals surface area contributed by atoms with Gasteiger partial charge < -0.3 is 19.9 Å². The van der Waals surface area contributed by atoms with Crippen molar-refractivity contribution < 1.29 is 33.8 Å². The highest BCUT2D eigenvalue weighted by atomic mass is 32.2. The lowest BCUT2D eigenvalue weighted by Crippen LogP contribution is -2.36. The Morgan fingerprint density at radius 3 is 1.92 bits per heavy atom. The molecule has 1 aliphatic heterocycles. The van der Waals surface area contributed by atoms with E-state index in [-0.39, 0.29) is 68.1 Å². The van der Waals surface area contributed by atoms with Crippen LogP contribution in [0.5, 0.6) is 0 Å². The van der Waals surface area contributed by atoms with E-state index in [1.165, 1.54) is 0 Å². The van der Waals surface area contributed by atoms with Crippen LogP contribution in [0.25, 0.3) is 0 Å². The molecule has 0 aliphatic carbocycles. The molecule has 3 heterocycles. The highest BCUT2D eigenvalue weighted by Crippen LogP contribution is 2.41. The Labute approximate surface area is 222 Å².